The minimum atomic E-state index is -5.12. The Morgan fingerprint density at radius 1 is 0.505 bits per heavy atom. The lowest BCUT2D eigenvalue weighted by atomic mass is 9.80. The van der Waals surface area contributed by atoms with Gasteiger partial charge in [-0.1, -0.05) is 25.7 Å². The molecule has 0 bridgehead atoms. The Balaban J connectivity index is -0.00000202. The molecular formula is C61H108B3F9N10O21S. The maximum Gasteiger partial charge on any atom is 0.490 e. The van der Waals surface area contributed by atoms with Gasteiger partial charge in [0.05, 0.1) is 19.3 Å². The number of hydrogen-bond acceptors (Lipinski definition) is 24. The summed E-state index contributed by atoms with van der Waals surface area (Å²) in [6, 6.07) is -4.33. The number of nitrogens with one attached hydrogen (secondary N) is 9. The summed E-state index contributed by atoms with van der Waals surface area (Å²) in [5.41, 5.74) is 5.29. The van der Waals surface area contributed by atoms with Crippen molar-refractivity contribution >= 4 is 104 Å². The molecule has 0 aromatic rings. The Bertz CT molecular complexity index is 2570. The summed E-state index contributed by atoms with van der Waals surface area (Å²) in [6.07, 6.45) is -6.28. The lowest BCUT2D eigenvalue weighted by molar-refractivity contribution is -0.199. The van der Waals surface area contributed by atoms with E-state index >= 15 is 0 Å². The van der Waals surface area contributed by atoms with E-state index in [2.05, 4.69) is 41.7 Å². The van der Waals surface area contributed by atoms with E-state index in [1.807, 2.05) is 0 Å². The Labute approximate surface area is 611 Å². The average molecular weight is 1550 g/mol. The summed E-state index contributed by atoms with van der Waals surface area (Å²) < 4.78 is 128. The maximum absolute atomic E-state index is 12.8. The van der Waals surface area contributed by atoms with E-state index in [4.69, 9.17) is 40.2 Å². The summed E-state index contributed by atoms with van der Waals surface area (Å²) in [5, 5.41) is 66.4. The second kappa shape index (κ2) is 58.4. The van der Waals surface area contributed by atoms with Gasteiger partial charge in [-0.2, -0.15) is 51.3 Å². The van der Waals surface area contributed by atoms with Crippen LogP contribution in [-0.2, 0) is 76.5 Å². The number of amides is 6. The summed E-state index contributed by atoms with van der Waals surface area (Å²) in [5.74, 6) is -11.8. The van der Waals surface area contributed by atoms with Crippen molar-refractivity contribution < 1.29 is 141 Å². The number of nitrogens with two attached hydrogens (primary N) is 1. The van der Waals surface area contributed by atoms with Gasteiger partial charge in [-0.3, -0.25) is 47.9 Å². The van der Waals surface area contributed by atoms with E-state index in [1.165, 1.54) is 53.6 Å². The molecule has 606 valence electrons. The van der Waals surface area contributed by atoms with Crippen LogP contribution in [0.5, 0.6) is 0 Å². The topological polar surface area (TPSA) is 477 Å². The SMILES string of the molecule is CB(O)NCCCCC(N)C(=O)O.CB(O)NCCCCC(NC(=O)C(F)(F)F)C(=O)NCCCCCC(=O)NCCCCCC(=O)NCCCCCS[C@@H]1CC(COC(C)=O)[C@H](OC(C)=O)[C@H](OC(C)=O)C1NC(C)=O.CB(O)NCCCCC(NC(=O)C(F)(F)F)C(=O)O.CCOC(=O)C(F)(F)F. The maximum atomic E-state index is 12.8. The zero-order valence-electron chi connectivity index (χ0n) is 60.7. The third kappa shape index (κ3) is 58.1. The first-order valence-electron chi connectivity index (χ1n) is 34.5. The van der Waals surface area contributed by atoms with Crippen molar-refractivity contribution in [2.45, 2.75) is 250 Å². The fourth-order valence-corrected chi connectivity index (χ4v) is 10.9. The van der Waals surface area contributed by atoms with E-state index in [1.54, 1.807) is 23.9 Å². The van der Waals surface area contributed by atoms with Gasteiger partial charge in [0, 0.05) is 71.3 Å². The number of unbranched alkanes of at least 4 members (excludes halogenated alkanes) is 9. The van der Waals surface area contributed by atoms with Gasteiger partial charge in [0.15, 0.2) is 6.10 Å². The van der Waals surface area contributed by atoms with E-state index in [0.717, 1.165) is 38.5 Å². The highest BCUT2D eigenvalue weighted by atomic mass is 32.2. The Morgan fingerprint density at radius 2 is 0.914 bits per heavy atom. The van der Waals surface area contributed by atoms with Crippen LogP contribution in [0.1, 0.15) is 169 Å². The quantitative estimate of drug-likeness (QED) is 0.0137. The number of esters is 4. The molecular weight excluding hydrogens is 1440 g/mol. The number of alkyl halides is 9. The lowest BCUT2D eigenvalue weighted by Gasteiger charge is -2.45. The zero-order valence-corrected chi connectivity index (χ0v) is 61.5. The van der Waals surface area contributed by atoms with Crippen LogP contribution in [0, 0.1) is 5.92 Å². The van der Waals surface area contributed by atoms with Gasteiger partial charge in [-0.15, -0.1) is 0 Å². The molecule has 16 N–H and O–H groups in total. The molecule has 0 saturated heterocycles. The molecule has 0 aromatic carbocycles. The fraction of sp³-hybridized carbons (Fsp3) is 0.803. The number of carbonyl (C=O) groups excluding carboxylic acids is 10. The second-order valence-corrected chi connectivity index (χ2v) is 25.5. The fourth-order valence-electron chi connectivity index (χ4n) is 9.41. The van der Waals surface area contributed by atoms with E-state index < -0.39 is 136 Å². The molecule has 105 heavy (non-hydrogen) atoms. The van der Waals surface area contributed by atoms with Gasteiger partial charge in [-0.05, 0) is 149 Å². The molecule has 44 heteroatoms. The minimum Gasteiger partial charge on any atom is -0.480 e. The van der Waals surface area contributed by atoms with Crippen molar-refractivity contribution in [3.05, 3.63) is 0 Å². The summed E-state index contributed by atoms with van der Waals surface area (Å²) in [6.45, 7) is 13.4. The number of ether oxygens (including phenoxy) is 4. The predicted octanol–water partition coefficient (Wildman–Crippen LogP) is 2.96. The minimum absolute atomic E-state index is 0.00488. The van der Waals surface area contributed by atoms with Gasteiger partial charge in [0.2, 0.25) is 23.6 Å². The van der Waals surface area contributed by atoms with Crippen LogP contribution in [0.4, 0.5) is 39.5 Å². The van der Waals surface area contributed by atoms with E-state index in [-0.39, 0.29) is 62.0 Å². The summed E-state index contributed by atoms with van der Waals surface area (Å²) in [7, 11) is -1.96. The number of thioether (sulfide) groups is 1. The van der Waals surface area contributed by atoms with Gasteiger partial charge in [0.1, 0.15) is 24.2 Å². The third-order valence-corrected chi connectivity index (χ3v) is 15.9. The first kappa shape index (κ1) is 102. The summed E-state index contributed by atoms with van der Waals surface area (Å²) in [4.78, 5) is 138. The first-order valence-corrected chi connectivity index (χ1v) is 35.5. The number of rotatable bonds is 48. The van der Waals surface area contributed by atoms with Gasteiger partial charge in [0.25, 0.3) is 0 Å². The van der Waals surface area contributed by atoms with Crippen LogP contribution in [0.3, 0.4) is 0 Å². The monoisotopic (exact) mass is 1550 g/mol. The molecule has 0 heterocycles. The molecule has 1 aliphatic carbocycles. The number of carbonyl (C=O) groups is 12. The number of carboxylic acids is 2. The number of carboxylic acid groups (broad SMARTS) is 2. The second-order valence-electron chi connectivity index (χ2n) is 24.2. The standard InChI is InChI=1S/C41H70BF3N6O12S.C9H16BF3N2O4.C7H17BN2O3.C4H5F3O2/c1-27(52)50-36-33(25-31(26-61-28(2)53)37(62-29(3)54)38(36)63-30(4)55)64-24-16-8-14-21-47-35(57)18-9-6-12-20-46-34(56)19-10-7-13-22-48-39(58)32(51-40(59)41(43,44)45)17-11-15-23-49-42(5)60;1-10(19)14-5-3-2-4-6(7(16)17)15-8(18)9(11,12)13;1-8(13)10-5-3-2-4-6(9)7(11)12;1-2-9-3(8)4(5,6)7/h31-33,36-38,49,60H,6-26H2,1-5H3,(H,46,56)(H,47,57)(H,48,58)(H,50,52)(H,51,59);6,14,19H,2-5H2,1H3,(H,15,18)(H,16,17);6,10,13H,2-5,9H2,1H3,(H,11,12);2H2,1H3/t31?,32?,33-,36?,37+,38-;;;/m1.../s1. The van der Waals surface area contributed by atoms with E-state index in [0.29, 0.717) is 116 Å². The van der Waals surface area contributed by atoms with Gasteiger partial charge in [-0.25, -0.2) is 9.59 Å². The van der Waals surface area contributed by atoms with Crippen LogP contribution in [0.2, 0.25) is 20.5 Å². The van der Waals surface area contributed by atoms with Crippen LogP contribution < -0.4 is 53.3 Å². The lowest BCUT2D eigenvalue weighted by Crippen LogP contribution is -2.62. The van der Waals surface area contributed by atoms with Crippen molar-refractivity contribution in [2.75, 3.05) is 58.2 Å². The molecule has 0 aliphatic heterocycles. The van der Waals surface area contributed by atoms with Crippen LogP contribution in [0.15, 0.2) is 0 Å². The smallest absolute Gasteiger partial charge is 0.480 e. The number of halogens is 9. The zero-order chi connectivity index (χ0) is 80.9. The van der Waals surface area contributed by atoms with Crippen molar-refractivity contribution in [3.63, 3.8) is 0 Å². The van der Waals surface area contributed by atoms with Crippen LogP contribution in [-0.4, -0.2) is 236 Å². The number of hydrogen-bond donors (Lipinski definition) is 15. The van der Waals surface area contributed by atoms with Crippen molar-refractivity contribution in [3.8, 4) is 0 Å². The van der Waals surface area contributed by atoms with Gasteiger partial charge >= 0.3 is 87.3 Å². The molecule has 6 amide bonds. The molecule has 5 unspecified atom stereocenters. The number of aliphatic carboxylic acids is 2. The Hall–Kier alpha value is -6.73. The molecule has 0 aromatic heterocycles. The highest BCUT2D eigenvalue weighted by Gasteiger charge is 2.50. The summed E-state index contributed by atoms with van der Waals surface area (Å²) >= 11 is 1.58. The molecule has 8 atom stereocenters. The Morgan fingerprint density at radius 3 is 1.30 bits per heavy atom. The van der Waals surface area contributed by atoms with E-state index in [9.17, 15) is 102 Å². The molecule has 1 saturated carbocycles. The highest BCUT2D eigenvalue weighted by Crippen LogP contribution is 2.37. The molecule has 1 rings (SSSR count). The highest BCUT2D eigenvalue weighted by molar-refractivity contribution is 7.99. The molecule has 0 spiro atoms. The van der Waals surface area contributed by atoms with Gasteiger partial charge < -0.3 is 97.6 Å². The molecule has 31 nitrogen and oxygen atoms in total. The predicted molar refractivity (Wildman–Crippen MR) is 368 cm³/mol. The van der Waals surface area contributed by atoms with Crippen molar-refractivity contribution in [1.82, 2.24) is 47.6 Å². The normalized spacial score (nSPS) is 16.3. The third-order valence-electron chi connectivity index (χ3n) is 14.5. The average Bonchev–Trinajstić information content (AvgIpc) is 0.786. The molecule has 1 fully saturated rings. The molecule has 1 aliphatic rings. The van der Waals surface area contributed by atoms with Crippen molar-refractivity contribution in [1.29, 1.82) is 0 Å². The van der Waals surface area contributed by atoms with Crippen LogP contribution >= 0.6 is 11.8 Å². The van der Waals surface area contributed by atoms with Crippen LogP contribution in [0.25, 0.3) is 0 Å². The molecule has 0 radical (unpaired) electrons. The van der Waals surface area contributed by atoms with Crippen molar-refractivity contribution in [2.24, 2.45) is 11.7 Å². The largest absolute Gasteiger partial charge is 0.490 e. The Kier molecular flexibility index (Phi) is 57.0. The first-order chi connectivity index (χ1) is 48.9.